The minimum absolute atomic E-state index is 0.875. The lowest BCUT2D eigenvalue weighted by molar-refractivity contribution is 0.320. The monoisotopic (exact) mass is 196 g/mol. The van der Waals surface area contributed by atoms with E-state index in [9.17, 15) is 0 Å². The van der Waals surface area contributed by atoms with Gasteiger partial charge in [-0.3, -0.25) is 0 Å². The van der Waals surface area contributed by atoms with E-state index in [0.717, 1.165) is 17.8 Å². The van der Waals surface area contributed by atoms with Crippen LogP contribution in [-0.2, 0) is 0 Å². The highest BCUT2D eigenvalue weighted by Crippen LogP contribution is 2.23. The van der Waals surface area contributed by atoms with E-state index < -0.39 is 0 Å². The number of hydrogen-bond donors (Lipinski definition) is 0. The molecule has 0 amide bonds. The van der Waals surface area contributed by atoms with Crippen LogP contribution in [0.2, 0.25) is 0 Å². The molecular weight excluding hydrogens is 168 g/mol. The molecule has 0 saturated heterocycles. The first-order valence-electron chi connectivity index (χ1n) is 6.22. The Balaban J connectivity index is 3.54. The summed E-state index contributed by atoms with van der Waals surface area (Å²) in [7, 11) is 0. The third kappa shape index (κ3) is 6.23. The van der Waals surface area contributed by atoms with Gasteiger partial charge in [0.1, 0.15) is 0 Å². The lowest BCUT2D eigenvalue weighted by atomic mass is 9.86. The summed E-state index contributed by atoms with van der Waals surface area (Å²) in [6, 6.07) is 0. The summed E-state index contributed by atoms with van der Waals surface area (Å²) in [4.78, 5) is 0. The fourth-order valence-corrected chi connectivity index (χ4v) is 1.78. The molecule has 84 valence electrons. The second kappa shape index (κ2) is 8.08. The Morgan fingerprint density at radius 1 is 1.00 bits per heavy atom. The minimum atomic E-state index is 0.875. The molecular formula is C14H28. The Kier molecular flexibility index (Phi) is 7.93. The highest BCUT2D eigenvalue weighted by atomic mass is 14.2. The van der Waals surface area contributed by atoms with Crippen molar-refractivity contribution in [2.24, 2.45) is 17.8 Å². The quantitative estimate of drug-likeness (QED) is 0.476. The summed E-state index contributed by atoms with van der Waals surface area (Å²) in [5, 5.41) is 0. The first-order valence-corrected chi connectivity index (χ1v) is 6.22. The summed E-state index contributed by atoms with van der Waals surface area (Å²) in [6.45, 7) is 13.2. The van der Waals surface area contributed by atoms with Gasteiger partial charge in [0.15, 0.2) is 0 Å². The van der Waals surface area contributed by atoms with Gasteiger partial charge in [0.2, 0.25) is 0 Å². The van der Waals surface area contributed by atoms with Gasteiger partial charge in [-0.15, -0.1) is 6.58 Å². The van der Waals surface area contributed by atoms with Crippen LogP contribution in [0.1, 0.15) is 59.8 Å². The van der Waals surface area contributed by atoms with Crippen LogP contribution in [-0.4, -0.2) is 0 Å². The number of rotatable bonds is 8. The molecule has 0 rings (SSSR count). The van der Waals surface area contributed by atoms with E-state index in [1.54, 1.807) is 0 Å². The fraction of sp³-hybridized carbons (Fsp3) is 0.857. The van der Waals surface area contributed by atoms with E-state index in [1.807, 2.05) is 6.08 Å². The zero-order valence-electron chi connectivity index (χ0n) is 10.6. The van der Waals surface area contributed by atoms with Crippen molar-refractivity contribution in [2.45, 2.75) is 59.8 Å². The van der Waals surface area contributed by atoms with Crippen molar-refractivity contribution < 1.29 is 0 Å². The van der Waals surface area contributed by atoms with Gasteiger partial charge in [-0.05, 0) is 30.6 Å². The van der Waals surface area contributed by atoms with Gasteiger partial charge >= 0.3 is 0 Å². The van der Waals surface area contributed by atoms with Crippen molar-refractivity contribution in [1.29, 1.82) is 0 Å². The lowest BCUT2D eigenvalue weighted by Gasteiger charge is -2.20. The summed E-state index contributed by atoms with van der Waals surface area (Å²) in [6.07, 6.45) is 8.64. The van der Waals surface area contributed by atoms with E-state index >= 15 is 0 Å². The predicted molar refractivity (Wildman–Crippen MR) is 66.4 cm³/mol. The Labute approximate surface area is 90.8 Å². The van der Waals surface area contributed by atoms with Crippen molar-refractivity contribution in [2.75, 3.05) is 0 Å². The lowest BCUT2D eigenvalue weighted by Crippen LogP contribution is -2.08. The summed E-state index contributed by atoms with van der Waals surface area (Å²) >= 11 is 0. The first kappa shape index (κ1) is 13.7. The van der Waals surface area contributed by atoms with Crippen LogP contribution in [0.25, 0.3) is 0 Å². The van der Waals surface area contributed by atoms with Crippen LogP contribution in [0, 0.1) is 17.8 Å². The molecule has 3 unspecified atom stereocenters. The SMILES string of the molecule is C=CCCC(C)CCC(C)C(C)CC. The highest BCUT2D eigenvalue weighted by Gasteiger charge is 2.11. The molecule has 0 radical (unpaired) electrons. The molecule has 0 fully saturated rings. The molecule has 0 saturated carbocycles. The standard InChI is InChI=1S/C14H28/c1-6-8-9-12(3)10-11-14(5)13(4)7-2/h6,12-14H,1,7-11H2,2-5H3. The van der Waals surface area contributed by atoms with Crippen molar-refractivity contribution in [1.82, 2.24) is 0 Å². The maximum absolute atomic E-state index is 3.77. The Bertz CT molecular complexity index is 137. The number of hydrogen-bond acceptors (Lipinski definition) is 0. The third-order valence-electron chi connectivity index (χ3n) is 3.59. The maximum Gasteiger partial charge on any atom is -0.0351 e. The molecule has 0 aromatic heterocycles. The molecule has 0 N–H and O–H groups in total. The second-order valence-electron chi connectivity index (χ2n) is 4.91. The van der Waals surface area contributed by atoms with Gasteiger partial charge in [0.05, 0.1) is 0 Å². The summed E-state index contributed by atoms with van der Waals surface area (Å²) in [5.74, 6) is 2.66. The Morgan fingerprint density at radius 2 is 1.64 bits per heavy atom. The molecule has 0 aliphatic heterocycles. The van der Waals surface area contributed by atoms with Crippen LogP contribution < -0.4 is 0 Å². The molecule has 0 aliphatic rings. The summed E-state index contributed by atoms with van der Waals surface area (Å²) < 4.78 is 0. The van der Waals surface area contributed by atoms with Gasteiger partial charge in [0, 0.05) is 0 Å². The molecule has 0 heterocycles. The summed E-state index contributed by atoms with van der Waals surface area (Å²) in [5.41, 5.74) is 0. The Morgan fingerprint density at radius 3 is 2.14 bits per heavy atom. The average Bonchev–Trinajstić information content (AvgIpc) is 2.21. The molecule has 0 aromatic carbocycles. The van der Waals surface area contributed by atoms with Gasteiger partial charge in [-0.25, -0.2) is 0 Å². The van der Waals surface area contributed by atoms with Gasteiger partial charge in [-0.1, -0.05) is 53.0 Å². The fourth-order valence-electron chi connectivity index (χ4n) is 1.78. The first-order chi connectivity index (χ1) is 6.61. The number of allylic oxidation sites excluding steroid dienone is 1. The molecule has 14 heavy (non-hydrogen) atoms. The van der Waals surface area contributed by atoms with Crippen LogP contribution in [0.3, 0.4) is 0 Å². The molecule has 3 atom stereocenters. The van der Waals surface area contributed by atoms with Crippen LogP contribution in [0.5, 0.6) is 0 Å². The topological polar surface area (TPSA) is 0 Å². The van der Waals surface area contributed by atoms with Crippen LogP contribution >= 0.6 is 0 Å². The largest absolute Gasteiger partial charge is 0.103 e. The molecule has 0 bridgehead atoms. The van der Waals surface area contributed by atoms with Crippen LogP contribution in [0.4, 0.5) is 0 Å². The van der Waals surface area contributed by atoms with Crippen molar-refractivity contribution in [3.05, 3.63) is 12.7 Å². The third-order valence-corrected chi connectivity index (χ3v) is 3.59. The van der Waals surface area contributed by atoms with Crippen molar-refractivity contribution >= 4 is 0 Å². The molecule has 0 heteroatoms. The average molecular weight is 196 g/mol. The van der Waals surface area contributed by atoms with Gasteiger partial charge < -0.3 is 0 Å². The predicted octanol–water partition coefficient (Wildman–Crippen LogP) is 5.05. The van der Waals surface area contributed by atoms with Crippen molar-refractivity contribution in [3.63, 3.8) is 0 Å². The highest BCUT2D eigenvalue weighted by molar-refractivity contribution is 4.69. The van der Waals surface area contributed by atoms with Crippen molar-refractivity contribution in [3.8, 4) is 0 Å². The zero-order valence-corrected chi connectivity index (χ0v) is 10.6. The van der Waals surface area contributed by atoms with Gasteiger partial charge in [0.25, 0.3) is 0 Å². The molecule has 0 spiro atoms. The zero-order chi connectivity index (χ0) is 11.0. The molecule has 0 aliphatic carbocycles. The minimum Gasteiger partial charge on any atom is -0.103 e. The van der Waals surface area contributed by atoms with E-state index in [2.05, 4.69) is 34.3 Å². The molecule has 0 aromatic rings. The van der Waals surface area contributed by atoms with E-state index in [0.29, 0.717) is 0 Å². The second-order valence-corrected chi connectivity index (χ2v) is 4.91. The van der Waals surface area contributed by atoms with Crippen LogP contribution in [0.15, 0.2) is 12.7 Å². The van der Waals surface area contributed by atoms with E-state index in [4.69, 9.17) is 0 Å². The molecule has 0 nitrogen and oxygen atoms in total. The van der Waals surface area contributed by atoms with E-state index in [1.165, 1.54) is 32.1 Å². The maximum atomic E-state index is 3.77. The van der Waals surface area contributed by atoms with E-state index in [-0.39, 0.29) is 0 Å². The smallest absolute Gasteiger partial charge is 0.0351 e. The van der Waals surface area contributed by atoms with Gasteiger partial charge in [-0.2, -0.15) is 0 Å². The Hall–Kier alpha value is -0.260. The normalized spacial score (nSPS) is 17.4.